The van der Waals surface area contributed by atoms with E-state index in [1.165, 1.54) is 13.0 Å². The molecule has 0 N–H and O–H groups in total. The van der Waals surface area contributed by atoms with Crippen molar-refractivity contribution in [2.24, 2.45) is 0 Å². The molecule has 2 amide bonds. The summed E-state index contributed by atoms with van der Waals surface area (Å²) < 4.78 is 10.8. The highest BCUT2D eigenvalue weighted by Gasteiger charge is 2.41. The normalized spacial score (nSPS) is 18.4. The van der Waals surface area contributed by atoms with Crippen molar-refractivity contribution in [3.05, 3.63) is 26.6 Å². The van der Waals surface area contributed by atoms with E-state index in [-0.39, 0.29) is 11.5 Å². The summed E-state index contributed by atoms with van der Waals surface area (Å²) in [5.74, 6) is -0.640. The minimum Gasteiger partial charge on any atom is -0.464 e. The number of amides is 2. The summed E-state index contributed by atoms with van der Waals surface area (Å²) in [7, 11) is 0. The Morgan fingerprint density at radius 3 is 2.81 bits per heavy atom. The van der Waals surface area contributed by atoms with Crippen LogP contribution in [0.4, 0.5) is 4.79 Å². The van der Waals surface area contributed by atoms with Crippen LogP contribution >= 0.6 is 34.4 Å². The van der Waals surface area contributed by atoms with E-state index in [0.29, 0.717) is 9.53 Å². The fraction of sp³-hybridized carbons (Fsp3) is 0.308. The van der Waals surface area contributed by atoms with Crippen LogP contribution in [0.2, 0.25) is 0 Å². The van der Waals surface area contributed by atoms with Gasteiger partial charge in [0.15, 0.2) is 3.77 Å². The second-order valence-electron chi connectivity index (χ2n) is 4.12. The van der Waals surface area contributed by atoms with Gasteiger partial charge in [0.25, 0.3) is 11.1 Å². The highest BCUT2D eigenvalue weighted by atomic mass is 127. The molecule has 1 saturated heterocycles. The Hall–Kier alpha value is -1.29. The lowest BCUT2D eigenvalue weighted by Crippen LogP contribution is -2.42. The molecule has 2 rings (SSSR count). The third-order valence-electron chi connectivity index (χ3n) is 2.71. The number of hydrogen-bond acceptors (Lipinski definition) is 6. The van der Waals surface area contributed by atoms with Crippen molar-refractivity contribution >= 4 is 57.5 Å². The van der Waals surface area contributed by atoms with Crippen molar-refractivity contribution < 1.29 is 23.5 Å². The first-order valence-corrected chi connectivity index (χ1v) is 8.02. The molecule has 1 aliphatic rings. The van der Waals surface area contributed by atoms with Crippen LogP contribution < -0.4 is 0 Å². The lowest BCUT2D eigenvalue weighted by molar-refractivity contribution is -0.150. The predicted octanol–water partition coefficient (Wildman–Crippen LogP) is 2.87. The smallest absolute Gasteiger partial charge is 0.329 e. The van der Waals surface area contributed by atoms with E-state index in [1.807, 2.05) is 22.6 Å². The number of furan rings is 1. The van der Waals surface area contributed by atoms with Crippen molar-refractivity contribution in [1.29, 1.82) is 0 Å². The summed E-state index contributed by atoms with van der Waals surface area (Å²) in [4.78, 5) is 37.0. The summed E-state index contributed by atoms with van der Waals surface area (Å²) in [6.45, 7) is 3.32. The van der Waals surface area contributed by atoms with Gasteiger partial charge in [0.2, 0.25) is 0 Å². The van der Waals surface area contributed by atoms with Crippen molar-refractivity contribution in [3.8, 4) is 0 Å². The molecule has 1 aromatic rings. The Bertz CT molecular complexity index is 624. The molecule has 21 heavy (non-hydrogen) atoms. The standard InChI is InChI=1S/C13H12INO5S/c1-3-19-12(17)7(2)15-11(16)9(21-13(15)18)6-8-4-5-10(14)20-8/h4-7H,3H2,1-2H3/b9-6+/t7-/m1/s1. The number of halogens is 1. The van der Waals surface area contributed by atoms with Crippen molar-refractivity contribution in [3.63, 3.8) is 0 Å². The van der Waals surface area contributed by atoms with E-state index in [1.54, 1.807) is 19.1 Å². The van der Waals surface area contributed by atoms with Gasteiger partial charge in [0, 0.05) is 6.08 Å². The van der Waals surface area contributed by atoms with Crippen LogP contribution in [0.1, 0.15) is 19.6 Å². The Morgan fingerprint density at radius 2 is 2.24 bits per heavy atom. The van der Waals surface area contributed by atoms with Gasteiger partial charge in [-0.3, -0.25) is 14.5 Å². The highest BCUT2D eigenvalue weighted by molar-refractivity contribution is 14.1. The largest absolute Gasteiger partial charge is 0.464 e. The number of imide groups is 1. The molecule has 0 aromatic carbocycles. The molecule has 1 fully saturated rings. The van der Waals surface area contributed by atoms with E-state index >= 15 is 0 Å². The van der Waals surface area contributed by atoms with Gasteiger partial charge >= 0.3 is 5.97 Å². The molecule has 0 spiro atoms. The van der Waals surface area contributed by atoms with Crippen molar-refractivity contribution in [2.45, 2.75) is 19.9 Å². The third kappa shape index (κ3) is 3.49. The molecule has 0 radical (unpaired) electrons. The molecule has 0 saturated carbocycles. The SMILES string of the molecule is CCOC(=O)[C@@H](C)N1C(=O)S/C(=C/c2ccc(I)o2)C1=O. The van der Waals surface area contributed by atoms with Crippen LogP contribution in [0, 0.1) is 3.77 Å². The molecule has 112 valence electrons. The van der Waals surface area contributed by atoms with Gasteiger partial charge in [-0.2, -0.15) is 0 Å². The second-order valence-corrected chi connectivity index (χ2v) is 6.18. The molecular weight excluding hydrogens is 409 g/mol. The molecule has 1 atom stereocenters. The fourth-order valence-corrected chi connectivity index (χ4v) is 3.04. The molecule has 0 unspecified atom stereocenters. The molecule has 1 aromatic heterocycles. The number of carbonyl (C=O) groups excluding carboxylic acids is 3. The minimum atomic E-state index is -0.944. The van der Waals surface area contributed by atoms with E-state index in [4.69, 9.17) is 9.15 Å². The first-order valence-electron chi connectivity index (χ1n) is 6.13. The Labute approximate surface area is 139 Å². The molecule has 0 aliphatic carbocycles. The molecule has 8 heteroatoms. The van der Waals surface area contributed by atoms with Gasteiger partial charge in [-0.25, -0.2) is 4.79 Å². The lowest BCUT2D eigenvalue weighted by atomic mass is 10.3. The van der Waals surface area contributed by atoms with Crippen LogP contribution in [0.25, 0.3) is 6.08 Å². The number of thioether (sulfide) groups is 1. The molecule has 2 heterocycles. The summed E-state index contributed by atoms with van der Waals surface area (Å²) >= 11 is 2.78. The summed E-state index contributed by atoms with van der Waals surface area (Å²) in [6.07, 6.45) is 1.49. The average Bonchev–Trinajstić information content (AvgIpc) is 2.94. The number of rotatable bonds is 4. The maximum Gasteiger partial charge on any atom is 0.329 e. The molecule has 1 aliphatic heterocycles. The minimum absolute atomic E-state index is 0.195. The maximum atomic E-state index is 12.2. The summed E-state index contributed by atoms with van der Waals surface area (Å²) in [5, 5.41) is -0.493. The van der Waals surface area contributed by atoms with E-state index in [0.717, 1.165) is 16.7 Å². The van der Waals surface area contributed by atoms with Gasteiger partial charge in [-0.15, -0.1) is 0 Å². The predicted molar refractivity (Wildman–Crippen MR) is 85.3 cm³/mol. The van der Waals surface area contributed by atoms with E-state index in [2.05, 4.69) is 0 Å². The lowest BCUT2D eigenvalue weighted by Gasteiger charge is -2.19. The summed E-state index contributed by atoms with van der Waals surface area (Å²) in [6, 6.07) is 2.50. The zero-order valence-electron chi connectivity index (χ0n) is 11.3. The van der Waals surface area contributed by atoms with Gasteiger partial charge in [0.1, 0.15) is 11.8 Å². The molecular formula is C13H12INO5S. The third-order valence-corrected chi connectivity index (χ3v) is 4.17. The Kier molecular flexibility index (Phi) is 5.09. The van der Waals surface area contributed by atoms with Gasteiger partial charge in [-0.1, -0.05) is 0 Å². The van der Waals surface area contributed by atoms with Crippen LogP contribution in [0.15, 0.2) is 21.5 Å². The highest BCUT2D eigenvalue weighted by Crippen LogP contribution is 2.34. The second kappa shape index (κ2) is 6.65. The first kappa shape index (κ1) is 16.1. The van der Waals surface area contributed by atoms with Gasteiger partial charge < -0.3 is 9.15 Å². The van der Waals surface area contributed by atoms with Crippen LogP contribution in [0.5, 0.6) is 0 Å². The van der Waals surface area contributed by atoms with Crippen molar-refractivity contribution in [2.75, 3.05) is 6.61 Å². The van der Waals surface area contributed by atoms with E-state index < -0.39 is 23.2 Å². The maximum absolute atomic E-state index is 12.2. The number of carbonyl (C=O) groups is 3. The average molecular weight is 421 g/mol. The Morgan fingerprint density at radius 1 is 1.52 bits per heavy atom. The number of hydrogen-bond donors (Lipinski definition) is 0. The van der Waals surface area contributed by atoms with Gasteiger partial charge in [-0.05, 0) is 60.3 Å². The Balaban J connectivity index is 2.20. The van der Waals surface area contributed by atoms with Crippen LogP contribution in [0.3, 0.4) is 0 Å². The zero-order chi connectivity index (χ0) is 15.6. The van der Waals surface area contributed by atoms with E-state index in [9.17, 15) is 14.4 Å². The van der Waals surface area contributed by atoms with Gasteiger partial charge in [0.05, 0.1) is 11.5 Å². The van der Waals surface area contributed by atoms with Crippen LogP contribution in [-0.4, -0.2) is 34.7 Å². The molecule has 0 bridgehead atoms. The monoisotopic (exact) mass is 421 g/mol. The van der Waals surface area contributed by atoms with Crippen molar-refractivity contribution in [1.82, 2.24) is 4.90 Å². The van der Waals surface area contributed by atoms with Crippen LogP contribution in [-0.2, 0) is 14.3 Å². The molecule has 6 nitrogen and oxygen atoms in total. The number of nitrogens with zero attached hydrogens (tertiary/aromatic N) is 1. The summed E-state index contributed by atoms with van der Waals surface area (Å²) in [5.41, 5.74) is 0. The number of ether oxygens (including phenoxy) is 1. The first-order chi connectivity index (χ1) is 9.93. The quantitative estimate of drug-likeness (QED) is 0.423. The zero-order valence-corrected chi connectivity index (χ0v) is 14.3. The number of esters is 1. The fourth-order valence-electron chi connectivity index (χ4n) is 1.72. The topological polar surface area (TPSA) is 76.8 Å².